The third-order valence-electron chi connectivity index (χ3n) is 4.34. The molecule has 3 aromatic rings. The minimum Gasteiger partial charge on any atom is -0.465 e. The maximum Gasteiger partial charge on any atom is 0.325 e. The number of hydrogen-bond donors (Lipinski definition) is 0. The van der Waals surface area contributed by atoms with Gasteiger partial charge in [0.25, 0.3) is 12.3 Å². The van der Waals surface area contributed by atoms with Gasteiger partial charge in [-0.3, -0.25) is 14.3 Å². The minimum atomic E-state index is -2.64. The monoisotopic (exact) mass is 481 g/mol. The normalized spacial score (nSPS) is 10.5. The number of benzene rings is 1. The van der Waals surface area contributed by atoms with E-state index in [0.717, 1.165) is 21.6 Å². The predicted octanol–water partition coefficient (Wildman–Crippen LogP) is 4.78. The Bertz CT molecular complexity index is 1020. The van der Waals surface area contributed by atoms with Crippen LogP contribution in [0.4, 0.5) is 8.78 Å². The first-order valence-electron chi connectivity index (χ1n) is 9.88. The molecule has 0 fully saturated rings. The van der Waals surface area contributed by atoms with Gasteiger partial charge in [0, 0.05) is 13.6 Å². The summed E-state index contributed by atoms with van der Waals surface area (Å²) in [5, 5.41) is 4.11. The molecular weight excluding hydrogens is 455 g/mol. The van der Waals surface area contributed by atoms with Crippen molar-refractivity contribution in [3.8, 4) is 10.6 Å². The van der Waals surface area contributed by atoms with Crippen molar-refractivity contribution >= 4 is 32.5 Å². The Balaban J connectivity index is 0.00000176. The van der Waals surface area contributed by atoms with Crippen molar-refractivity contribution in [1.82, 2.24) is 14.7 Å². The van der Waals surface area contributed by atoms with Crippen LogP contribution in [0.2, 0.25) is 0 Å². The molecule has 6 nitrogen and oxygen atoms in total. The molecule has 0 aliphatic rings. The molecule has 172 valence electrons. The van der Waals surface area contributed by atoms with Crippen LogP contribution in [0.1, 0.15) is 34.3 Å². The number of aryl methyl sites for hydroxylation is 1. The molecular formula is C22H26F2N3O3PS. The van der Waals surface area contributed by atoms with Gasteiger partial charge in [0.1, 0.15) is 17.9 Å². The molecule has 10 heteroatoms. The standard InChI is InChI=1S/C21H21F2N3O3S.CH5P/c1-3-29-19(27)13-26(12-14-7-5-4-6-8-14)21(28)18-10-9-17(30-18)15-11-16(20(22)23)25(2)24-15;1-2/h4-11,20H,3,12-13H2,1-2H3;2H2,1H3. The molecule has 3 rings (SSSR count). The lowest BCUT2D eigenvalue weighted by atomic mass is 10.2. The van der Waals surface area contributed by atoms with Crippen molar-refractivity contribution in [1.29, 1.82) is 0 Å². The van der Waals surface area contributed by atoms with E-state index < -0.39 is 12.4 Å². The van der Waals surface area contributed by atoms with E-state index in [9.17, 15) is 18.4 Å². The highest BCUT2D eigenvalue weighted by atomic mass is 32.1. The molecule has 2 heterocycles. The second-order valence-corrected chi connectivity index (χ2v) is 7.58. The van der Waals surface area contributed by atoms with Gasteiger partial charge in [-0.15, -0.1) is 20.6 Å². The van der Waals surface area contributed by atoms with E-state index in [0.29, 0.717) is 15.4 Å². The summed E-state index contributed by atoms with van der Waals surface area (Å²) in [6, 6.07) is 13.9. The summed E-state index contributed by atoms with van der Waals surface area (Å²) in [4.78, 5) is 27.5. The molecule has 0 spiro atoms. The van der Waals surface area contributed by atoms with Crippen molar-refractivity contribution in [2.24, 2.45) is 7.05 Å². The van der Waals surface area contributed by atoms with Crippen LogP contribution in [0.5, 0.6) is 0 Å². The summed E-state index contributed by atoms with van der Waals surface area (Å²) in [5.41, 5.74) is 1.05. The summed E-state index contributed by atoms with van der Waals surface area (Å²) >= 11 is 1.14. The number of halogens is 2. The molecule has 1 unspecified atom stereocenters. The molecule has 32 heavy (non-hydrogen) atoms. The van der Waals surface area contributed by atoms with E-state index in [2.05, 4.69) is 14.3 Å². The van der Waals surface area contributed by atoms with Crippen LogP contribution in [-0.4, -0.2) is 46.4 Å². The Morgan fingerprint density at radius 1 is 1.19 bits per heavy atom. The summed E-state index contributed by atoms with van der Waals surface area (Å²) < 4.78 is 32.2. The quantitative estimate of drug-likeness (QED) is 0.343. The molecule has 0 N–H and O–H groups in total. The molecule has 1 atom stereocenters. The zero-order chi connectivity index (χ0) is 23.7. The summed E-state index contributed by atoms with van der Waals surface area (Å²) in [5.74, 6) is -0.835. The SMILES string of the molecule is CCOC(=O)CN(Cc1ccccc1)C(=O)c1ccc(-c2cc(C(F)F)n(C)n2)s1.CP. The van der Waals surface area contributed by atoms with E-state index in [4.69, 9.17) is 4.74 Å². The molecule has 1 aromatic carbocycles. The average Bonchev–Trinajstić information content (AvgIpc) is 3.42. The fraction of sp³-hybridized carbons (Fsp3) is 0.318. The molecule has 2 aromatic heterocycles. The van der Waals surface area contributed by atoms with E-state index in [1.807, 2.05) is 37.0 Å². The number of esters is 1. The van der Waals surface area contributed by atoms with E-state index in [-0.39, 0.29) is 31.3 Å². The third kappa shape index (κ3) is 6.68. The van der Waals surface area contributed by atoms with Gasteiger partial charge >= 0.3 is 5.97 Å². The van der Waals surface area contributed by atoms with Gasteiger partial charge in [-0.25, -0.2) is 8.78 Å². The molecule has 1 amide bonds. The van der Waals surface area contributed by atoms with Crippen LogP contribution < -0.4 is 0 Å². The van der Waals surface area contributed by atoms with Gasteiger partial charge in [0.05, 0.1) is 16.4 Å². The van der Waals surface area contributed by atoms with Gasteiger partial charge in [-0.1, -0.05) is 37.0 Å². The predicted molar refractivity (Wildman–Crippen MR) is 125 cm³/mol. The van der Waals surface area contributed by atoms with Crippen molar-refractivity contribution < 1.29 is 23.1 Å². The Labute approximate surface area is 192 Å². The van der Waals surface area contributed by atoms with Gasteiger partial charge < -0.3 is 9.64 Å². The first kappa shape index (κ1) is 25.6. The molecule has 0 saturated heterocycles. The van der Waals surface area contributed by atoms with Crippen molar-refractivity contribution in [2.45, 2.75) is 19.9 Å². The fourth-order valence-electron chi connectivity index (χ4n) is 2.92. The maximum absolute atomic E-state index is 13.1. The Morgan fingerprint density at radius 3 is 2.47 bits per heavy atom. The number of hydrogen-bond acceptors (Lipinski definition) is 5. The van der Waals surface area contributed by atoms with Crippen LogP contribution in [-0.2, 0) is 23.1 Å². The number of amides is 1. The zero-order valence-electron chi connectivity index (χ0n) is 18.1. The molecule has 0 aliphatic carbocycles. The Kier molecular flexibility index (Phi) is 9.94. The number of carbonyl (C=O) groups excluding carboxylic acids is 2. The summed E-state index contributed by atoms with van der Waals surface area (Å²) in [7, 11) is 3.87. The van der Waals surface area contributed by atoms with Gasteiger partial charge in [0.15, 0.2) is 0 Å². The fourth-order valence-corrected chi connectivity index (χ4v) is 3.85. The number of aromatic nitrogens is 2. The topological polar surface area (TPSA) is 64.4 Å². The van der Waals surface area contributed by atoms with Crippen LogP contribution >= 0.6 is 20.6 Å². The highest BCUT2D eigenvalue weighted by molar-refractivity contribution is 7.17. The van der Waals surface area contributed by atoms with Crippen LogP contribution in [0.25, 0.3) is 10.6 Å². The minimum absolute atomic E-state index is 0.187. The second kappa shape index (κ2) is 12.4. The van der Waals surface area contributed by atoms with Crippen LogP contribution in [0.3, 0.4) is 0 Å². The maximum atomic E-state index is 13.1. The lowest BCUT2D eigenvalue weighted by Gasteiger charge is -2.21. The highest BCUT2D eigenvalue weighted by Gasteiger charge is 2.23. The number of carbonyl (C=O) groups is 2. The molecule has 0 saturated carbocycles. The lowest BCUT2D eigenvalue weighted by Crippen LogP contribution is -2.35. The van der Waals surface area contributed by atoms with Crippen LogP contribution in [0, 0.1) is 0 Å². The van der Waals surface area contributed by atoms with Gasteiger partial charge in [-0.05, 0) is 30.7 Å². The van der Waals surface area contributed by atoms with E-state index >= 15 is 0 Å². The van der Waals surface area contributed by atoms with Gasteiger partial charge in [-0.2, -0.15) is 5.10 Å². The first-order valence-corrected chi connectivity index (χ1v) is 11.8. The van der Waals surface area contributed by atoms with Gasteiger partial charge in [0.2, 0.25) is 0 Å². The molecule has 0 radical (unpaired) electrons. The number of alkyl halides is 2. The molecule has 0 aliphatic heterocycles. The largest absolute Gasteiger partial charge is 0.465 e. The number of ether oxygens (including phenoxy) is 1. The summed E-state index contributed by atoms with van der Waals surface area (Å²) in [6.45, 7) is 3.90. The number of thiophene rings is 1. The Morgan fingerprint density at radius 2 is 1.88 bits per heavy atom. The highest BCUT2D eigenvalue weighted by Crippen LogP contribution is 2.31. The molecule has 0 bridgehead atoms. The van der Waals surface area contributed by atoms with E-state index in [1.54, 1.807) is 19.1 Å². The summed E-state index contributed by atoms with van der Waals surface area (Å²) in [6.07, 6.45) is -2.64. The number of nitrogens with zero attached hydrogens (tertiary/aromatic N) is 3. The smallest absolute Gasteiger partial charge is 0.325 e. The zero-order valence-corrected chi connectivity index (χ0v) is 20.1. The van der Waals surface area contributed by atoms with Crippen molar-refractivity contribution in [3.05, 3.63) is 64.7 Å². The average molecular weight is 482 g/mol. The Hall–Kier alpha value is -2.64. The van der Waals surface area contributed by atoms with Crippen molar-refractivity contribution in [3.63, 3.8) is 0 Å². The second-order valence-electron chi connectivity index (χ2n) is 6.49. The first-order chi connectivity index (χ1) is 15.4. The lowest BCUT2D eigenvalue weighted by molar-refractivity contribution is -0.143. The van der Waals surface area contributed by atoms with Crippen molar-refractivity contribution in [2.75, 3.05) is 19.8 Å². The van der Waals surface area contributed by atoms with Crippen LogP contribution in [0.15, 0.2) is 48.5 Å². The third-order valence-corrected chi connectivity index (χ3v) is 5.43. The number of rotatable bonds is 8. The van der Waals surface area contributed by atoms with E-state index in [1.165, 1.54) is 18.0 Å².